The van der Waals surface area contributed by atoms with Gasteiger partial charge in [0.2, 0.25) is 0 Å². The predicted molar refractivity (Wildman–Crippen MR) is 55.9 cm³/mol. The molecule has 0 aliphatic carbocycles. The van der Waals surface area contributed by atoms with Gasteiger partial charge < -0.3 is 20.9 Å². The first-order valence-corrected chi connectivity index (χ1v) is 5.21. The minimum Gasteiger partial charge on any atom is -0.465 e. The number of carbonyl (C=O) groups is 1. The van der Waals surface area contributed by atoms with Crippen LogP contribution in [0.4, 0.5) is 4.79 Å². The molecule has 6 nitrogen and oxygen atoms in total. The molecule has 1 aliphatic rings. The fourth-order valence-corrected chi connectivity index (χ4v) is 1.57. The van der Waals surface area contributed by atoms with E-state index in [2.05, 4.69) is 10.2 Å². The summed E-state index contributed by atoms with van der Waals surface area (Å²) in [6, 6.07) is 0.0231. The fourth-order valence-electron chi connectivity index (χ4n) is 1.57. The first-order valence-electron chi connectivity index (χ1n) is 5.21. The van der Waals surface area contributed by atoms with Crippen molar-refractivity contribution in [1.29, 1.82) is 0 Å². The van der Waals surface area contributed by atoms with Crippen molar-refractivity contribution in [2.24, 2.45) is 5.73 Å². The van der Waals surface area contributed by atoms with Gasteiger partial charge in [0.25, 0.3) is 0 Å². The number of rotatable bonds is 5. The van der Waals surface area contributed by atoms with E-state index in [1.807, 2.05) is 0 Å². The van der Waals surface area contributed by atoms with E-state index in [1.165, 1.54) is 0 Å². The van der Waals surface area contributed by atoms with Crippen LogP contribution >= 0.6 is 0 Å². The zero-order valence-corrected chi connectivity index (χ0v) is 8.82. The zero-order chi connectivity index (χ0) is 11.1. The first-order chi connectivity index (χ1) is 7.18. The Balaban J connectivity index is 2.06. The van der Waals surface area contributed by atoms with Crippen LogP contribution in [0.3, 0.4) is 0 Å². The largest absolute Gasteiger partial charge is 0.465 e. The van der Waals surface area contributed by atoms with Crippen LogP contribution in [0.5, 0.6) is 0 Å². The monoisotopic (exact) mass is 217 g/mol. The van der Waals surface area contributed by atoms with Gasteiger partial charge in [0.1, 0.15) is 0 Å². The number of hydrogen-bond donors (Lipinski definition) is 3. The van der Waals surface area contributed by atoms with Crippen LogP contribution in [0, 0.1) is 0 Å². The van der Waals surface area contributed by atoms with E-state index >= 15 is 0 Å². The van der Waals surface area contributed by atoms with E-state index in [4.69, 9.17) is 15.6 Å². The second-order valence-electron chi connectivity index (χ2n) is 3.69. The summed E-state index contributed by atoms with van der Waals surface area (Å²) in [5.74, 6) is 0. The third kappa shape index (κ3) is 5.56. The van der Waals surface area contributed by atoms with Crippen molar-refractivity contribution in [2.75, 3.05) is 39.4 Å². The molecule has 1 rings (SSSR count). The summed E-state index contributed by atoms with van der Waals surface area (Å²) in [5, 5.41) is 10.7. The number of ether oxygens (including phenoxy) is 1. The summed E-state index contributed by atoms with van der Waals surface area (Å²) in [7, 11) is 0. The van der Waals surface area contributed by atoms with E-state index in [0.717, 1.165) is 32.8 Å². The minimum atomic E-state index is -0.992. The number of morpholine rings is 1. The Labute approximate surface area is 89.4 Å². The Morgan fingerprint density at radius 1 is 1.53 bits per heavy atom. The molecular weight excluding hydrogens is 198 g/mol. The molecule has 0 radical (unpaired) electrons. The maximum atomic E-state index is 10.2. The van der Waals surface area contributed by atoms with Gasteiger partial charge in [-0.3, -0.25) is 4.90 Å². The fraction of sp³-hybridized carbons (Fsp3) is 0.889. The highest BCUT2D eigenvalue weighted by Gasteiger charge is 2.13. The molecule has 1 saturated heterocycles. The maximum absolute atomic E-state index is 10.2. The van der Waals surface area contributed by atoms with Gasteiger partial charge in [-0.25, -0.2) is 4.79 Å². The van der Waals surface area contributed by atoms with Crippen LogP contribution in [0.2, 0.25) is 0 Å². The van der Waals surface area contributed by atoms with Crippen molar-refractivity contribution in [1.82, 2.24) is 10.2 Å². The summed E-state index contributed by atoms with van der Waals surface area (Å²) in [4.78, 5) is 12.4. The summed E-state index contributed by atoms with van der Waals surface area (Å²) in [6.07, 6.45) is -0.322. The van der Waals surface area contributed by atoms with Crippen LogP contribution in [0.15, 0.2) is 0 Å². The number of amides is 1. The van der Waals surface area contributed by atoms with E-state index in [9.17, 15) is 4.79 Å². The van der Waals surface area contributed by atoms with E-state index < -0.39 is 6.09 Å². The van der Waals surface area contributed by atoms with Crippen molar-refractivity contribution in [3.05, 3.63) is 0 Å². The molecule has 1 aliphatic heterocycles. The standard InChI is InChI=1S/C9H19N3O3/c10-8(1-2-11-9(13)14)7-12-3-5-15-6-4-12/h8,11H,1-7,10H2,(H,13,14). The molecule has 0 aromatic carbocycles. The zero-order valence-electron chi connectivity index (χ0n) is 8.82. The van der Waals surface area contributed by atoms with Crippen LogP contribution < -0.4 is 11.1 Å². The van der Waals surface area contributed by atoms with Gasteiger partial charge in [-0.05, 0) is 6.42 Å². The van der Waals surface area contributed by atoms with Gasteiger partial charge in [-0.2, -0.15) is 0 Å². The van der Waals surface area contributed by atoms with Gasteiger partial charge in [-0.1, -0.05) is 0 Å². The highest BCUT2D eigenvalue weighted by Crippen LogP contribution is 1.99. The molecule has 4 N–H and O–H groups in total. The van der Waals surface area contributed by atoms with E-state index in [0.29, 0.717) is 13.0 Å². The molecule has 0 aromatic rings. The normalized spacial score (nSPS) is 19.8. The molecule has 0 saturated carbocycles. The predicted octanol–water partition coefficient (Wildman–Crippen LogP) is -0.696. The Hall–Kier alpha value is -0.850. The molecule has 1 atom stereocenters. The maximum Gasteiger partial charge on any atom is 0.404 e. The lowest BCUT2D eigenvalue weighted by Crippen LogP contribution is -2.44. The highest BCUT2D eigenvalue weighted by molar-refractivity contribution is 5.64. The van der Waals surface area contributed by atoms with Crippen molar-refractivity contribution in [3.63, 3.8) is 0 Å². The van der Waals surface area contributed by atoms with Crippen molar-refractivity contribution >= 4 is 6.09 Å². The molecule has 1 unspecified atom stereocenters. The van der Waals surface area contributed by atoms with Crippen LogP contribution in [-0.2, 0) is 4.74 Å². The van der Waals surface area contributed by atoms with Crippen molar-refractivity contribution in [3.8, 4) is 0 Å². The number of hydrogen-bond acceptors (Lipinski definition) is 4. The van der Waals surface area contributed by atoms with Crippen LogP contribution in [0.1, 0.15) is 6.42 Å². The van der Waals surface area contributed by atoms with E-state index in [-0.39, 0.29) is 6.04 Å². The minimum absolute atomic E-state index is 0.0231. The average molecular weight is 217 g/mol. The molecule has 0 aromatic heterocycles. The number of carboxylic acid groups (broad SMARTS) is 1. The summed E-state index contributed by atoms with van der Waals surface area (Å²) in [5.41, 5.74) is 5.88. The molecule has 88 valence electrons. The first kappa shape index (κ1) is 12.2. The van der Waals surface area contributed by atoms with Crippen molar-refractivity contribution in [2.45, 2.75) is 12.5 Å². The molecular formula is C9H19N3O3. The number of nitrogens with one attached hydrogen (secondary N) is 1. The SMILES string of the molecule is NC(CCNC(=O)O)CN1CCOCC1. The lowest BCUT2D eigenvalue weighted by molar-refractivity contribution is 0.0350. The van der Waals surface area contributed by atoms with Gasteiger partial charge in [0.15, 0.2) is 0 Å². The summed E-state index contributed by atoms with van der Waals surface area (Å²) < 4.78 is 5.22. The summed E-state index contributed by atoms with van der Waals surface area (Å²) >= 11 is 0. The third-order valence-electron chi connectivity index (χ3n) is 2.39. The molecule has 0 spiro atoms. The Kier molecular flexibility index (Phi) is 5.38. The second kappa shape index (κ2) is 6.60. The van der Waals surface area contributed by atoms with Gasteiger partial charge in [0.05, 0.1) is 13.2 Å². The smallest absolute Gasteiger partial charge is 0.404 e. The van der Waals surface area contributed by atoms with Gasteiger partial charge in [0, 0.05) is 32.2 Å². The molecule has 15 heavy (non-hydrogen) atoms. The molecule has 6 heteroatoms. The van der Waals surface area contributed by atoms with E-state index in [1.54, 1.807) is 0 Å². The Morgan fingerprint density at radius 3 is 2.80 bits per heavy atom. The van der Waals surface area contributed by atoms with Crippen LogP contribution in [-0.4, -0.2) is 61.5 Å². The topological polar surface area (TPSA) is 87.8 Å². The highest BCUT2D eigenvalue weighted by atomic mass is 16.5. The molecule has 0 bridgehead atoms. The van der Waals surface area contributed by atoms with Gasteiger partial charge in [-0.15, -0.1) is 0 Å². The third-order valence-corrected chi connectivity index (χ3v) is 2.39. The van der Waals surface area contributed by atoms with Gasteiger partial charge >= 0.3 is 6.09 Å². The lowest BCUT2D eigenvalue weighted by atomic mass is 10.2. The average Bonchev–Trinajstić information content (AvgIpc) is 2.18. The lowest BCUT2D eigenvalue weighted by Gasteiger charge is -2.28. The molecule has 1 heterocycles. The Bertz CT molecular complexity index is 195. The second-order valence-corrected chi connectivity index (χ2v) is 3.69. The number of nitrogens with zero attached hydrogens (tertiary/aromatic N) is 1. The summed E-state index contributed by atoms with van der Waals surface area (Å²) in [6.45, 7) is 4.59. The van der Waals surface area contributed by atoms with Crippen LogP contribution in [0.25, 0.3) is 0 Å². The Morgan fingerprint density at radius 2 is 2.20 bits per heavy atom. The molecule has 1 amide bonds. The number of nitrogens with two attached hydrogens (primary N) is 1. The van der Waals surface area contributed by atoms with Crippen molar-refractivity contribution < 1.29 is 14.6 Å². The quantitative estimate of drug-likeness (QED) is 0.567. The molecule has 1 fully saturated rings.